The Balaban J connectivity index is 1.93. The topological polar surface area (TPSA) is 73.9 Å². The summed E-state index contributed by atoms with van der Waals surface area (Å²) < 4.78 is 34.1. The maximum atomic E-state index is 12.0. The molecule has 118 valence electrons. The van der Waals surface area contributed by atoms with Crippen molar-refractivity contribution in [1.82, 2.24) is 4.89 Å². The highest BCUT2D eigenvalue weighted by Gasteiger charge is 2.14. The third kappa shape index (κ3) is 4.20. The van der Waals surface area contributed by atoms with E-state index in [4.69, 9.17) is 14.3 Å². The second kappa shape index (κ2) is 7.26. The molecule has 0 amide bonds. The standard InChI is InChI=1S/C15H17NO5S/c1-19-13-5-3-12(4-6-13)11-21-16-22(17,18)15-9-7-14(20-2)8-10-15/h3-10,16H,11H2,1-2H3. The molecular weight excluding hydrogens is 306 g/mol. The molecule has 2 aromatic rings. The minimum absolute atomic E-state index is 0.100. The smallest absolute Gasteiger partial charge is 0.262 e. The summed E-state index contributed by atoms with van der Waals surface area (Å²) in [5.74, 6) is 1.31. The second-order valence-corrected chi connectivity index (χ2v) is 6.04. The Bertz CT molecular complexity index is 696. The highest BCUT2D eigenvalue weighted by atomic mass is 32.2. The number of hydrogen-bond donors (Lipinski definition) is 1. The fourth-order valence-corrected chi connectivity index (χ4v) is 2.52. The van der Waals surface area contributed by atoms with Crippen LogP contribution in [0.1, 0.15) is 5.56 Å². The predicted octanol–water partition coefficient (Wildman–Crippen LogP) is 2.11. The Labute approximate surface area is 129 Å². The summed E-state index contributed by atoms with van der Waals surface area (Å²) in [6.07, 6.45) is 0. The van der Waals surface area contributed by atoms with E-state index in [1.54, 1.807) is 43.5 Å². The first kappa shape index (κ1) is 16.3. The van der Waals surface area contributed by atoms with E-state index >= 15 is 0 Å². The summed E-state index contributed by atoms with van der Waals surface area (Å²) in [7, 11) is -0.629. The fourth-order valence-electron chi connectivity index (χ4n) is 1.72. The normalized spacial score (nSPS) is 11.2. The Morgan fingerprint density at radius 2 is 1.36 bits per heavy atom. The van der Waals surface area contributed by atoms with Crippen LogP contribution in [0.15, 0.2) is 53.4 Å². The van der Waals surface area contributed by atoms with Crippen LogP contribution in [0.3, 0.4) is 0 Å². The first-order valence-electron chi connectivity index (χ1n) is 6.46. The quantitative estimate of drug-likeness (QED) is 0.790. The maximum Gasteiger partial charge on any atom is 0.262 e. The molecule has 22 heavy (non-hydrogen) atoms. The molecular formula is C15H17NO5S. The van der Waals surface area contributed by atoms with Gasteiger partial charge in [0.1, 0.15) is 11.5 Å². The molecule has 0 fully saturated rings. The van der Waals surface area contributed by atoms with E-state index < -0.39 is 10.0 Å². The number of sulfonamides is 1. The van der Waals surface area contributed by atoms with Crippen LogP contribution in [-0.4, -0.2) is 22.6 Å². The monoisotopic (exact) mass is 323 g/mol. The summed E-state index contributed by atoms with van der Waals surface area (Å²) in [6, 6.07) is 13.2. The van der Waals surface area contributed by atoms with E-state index in [2.05, 4.69) is 4.89 Å². The summed E-state index contributed by atoms with van der Waals surface area (Å²) in [5, 5.41) is 0. The number of hydrogen-bond acceptors (Lipinski definition) is 5. The highest BCUT2D eigenvalue weighted by Crippen LogP contribution is 2.16. The Morgan fingerprint density at radius 1 is 0.864 bits per heavy atom. The van der Waals surface area contributed by atoms with Gasteiger partial charge in [-0.2, -0.15) is 0 Å². The van der Waals surface area contributed by atoms with E-state index in [1.165, 1.54) is 19.2 Å². The Kier molecular flexibility index (Phi) is 5.37. The summed E-state index contributed by atoms with van der Waals surface area (Å²) >= 11 is 0. The lowest BCUT2D eigenvalue weighted by Gasteiger charge is -2.08. The van der Waals surface area contributed by atoms with Crippen LogP contribution in [0.4, 0.5) is 0 Å². The van der Waals surface area contributed by atoms with E-state index in [1.807, 2.05) is 0 Å². The average Bonchev–Trinajstić information content (AvgIpc) is 2.55. The Morgan fingerprint density at radius 3 is 1.86 bits per heavy atom. The van der Waals surface area contributed by atoms with E-state index in [9.17, 15) is 8.42 Å². The van der Waals surface area contributed by atoms with Gasteiger partial charge in [0.25, 0.3) is 10.0 Å². The van der Waals surface area contributed by atoms with Gasteiger partial charge in [0.15, 0.2) is 0 Å². The molecule has 0 radical (unpaired) electrons. The molecule has 0 spiro atoms. The van der Waals surface area contributed by atoms with Gasteiger partial charge in [0.2, 0.25) is 0 Å². The first-order valence-corrected chi connectivity index (χ1v) is 7.94. The van der Waals surface area contributed by atoms with Gasteiger partial charge in [-0.15, -0.1) is 0 Å². The molecule has 7 heteroatoms. The molecule has 0 saturated carbocycles. The van der Waals surface area contributed by atoms with Crippen LogP contribution < -0.4 is 14.4 Å². The third-order valence-electron chi connectivity index (χ3n) is 2.94. The van der Waals surface area contributed by atoms with Crippen molar-refractivity contribution in [2.45, 2.75) is 11.5 Å². The van der Waals surface area contributed by atoms with Gasteiger partial charge in [-0.1, -0.05) is 17.0 Å². The number of rotatable bonds is 7. The minimum Gasteiger partial charge on any atom is -0.497 e. The third-order valence-corrected chi connectivity index (χ3v) is 4.17. The van der Waals surface area contributed by atoms with Gasteiger partial charge in [0, 0.05) is 0 Å². The predicted molar refractivity (Wildman–Crippen MR) is 81.1 cm³/mol. The van der Waals surface area contributed by atoms with Gasteiger partial charge in [-0.3, -0.25) is 4.84 Å². The van der Waals surface area contributed by atoms with Crippen molar-refractivity contribution in [3.8, 4) is 11.5 Å². The Hall–Kier alpha value is -2.09. The zero-order valence-corrected chi connectivity index (χ0v) is 13.1. The lowest BCUT2D eigenvalue weighted by molar-refractivity contribution is 0.0795. The zero-order valence-electron chi connectivity index (χ0n) is 12.3. The fraction of sp³-hybridized carbons (Fsp3) is 0.200. The molecule has 2 rings (SSSR count). The van der Waals surface area contributed by atoms with E-state index in [0.29, 0.717) is 5.75 Å². The van der Waals surface area contributed by atoms with Crippen molar-refractivity contribution in [2.24, 2.45) is 0 Å². The molecule has 1 N–H and O–H groups in total. The molecule has 0 bridgehead atoms. The van der Waals surface area contributed by atoms with Gasteiger partial charge in [-0.25, -0.2) is 8.42 Å². The molecule has 0 aliphatic carbocycles. The van der Waals surface area contributed by atoms with Gasteiger partial charge < -0.3 is 9.47 Å². The van der Waals surface area contributed by atoms with Crippen LogP contribution in [-0.2, 0) is 21.5 Å². The number of benzene rings is 2. The van der Waals surface area contributed by atoms with Crippen molar-refractivity contribution in [3.63, 3.8) is 0 Å². The SMILES string of the molecule is COc1ccc(CONS(=O)(=O)c2ccc(OC)cc2)cc1. The average molecular weight is 323 g/mol. The molecule has 2 aromatic carbocycles. The van der Waals surface area contributed by atoms with Crippen molar-refractivity contribution in [1.29, 1.82) is 0 Å². The van der Waals surface area contributed by atoms with E-state index in [0.717, 1.165) is 11.3 Å². The molecule has 6 nitrogen and oxygen atoms in total. The number of methoxy groups -OCH3 is 2. The maximum absolute atomic E-state index is 12.0. The number of ether oxygens (including phenoxy) is 2. The highest BCUT2D eigenvalue weighted by molar-refractivity contribution is 7.89. The summed E-state index contributed by atoms with van der Waals surface area (Å²) in [5.41, 5.74) is 0.818. The molecule has 0 aliphatic rings. The van der Waals surface area contributed by atoms with E-state index in [-0.39, 0.29) is 11.5 Å². The van der Waals surface area contributed by atoms with Crippen LogP contribution in [0.25, 0.3) is 0 Å². The molecule has 0 unspecified atom stereocenters. The molecule has 0 saturated heterocycles. The minimum atomic E-state index is -3.72. The molecule has 0 aliphatic heterocycles. The summed E-state index contributed by atoms with van der Waals surface area (Å²) in [6.45, 7) is 0.110. The zero-order chi connectivity index (χ0) is 16.0. The lowest BCUT2D eigenvalue weighted by atomic mass is 10.2. The van der Waals surface area contributed by atoms with Crippen molar-refractivity contribution in [3.05, 3.63) is 54.1 Å². The van der Waals surface area contributed by atoms with Crippen molar-refractivity contribution >= 4 is 10.0 Å². The molecule has 0 heterocycles. The largest absolute Gasteiger partial charge is 0.497 e. The summed E-state index contributed by atoms with van der Waals surface area (Å²) in [4.78, 5) is 7.25. The number of nitrogens with one attached hydrogen (secondary N) is 1. The lowest BCUT2D eigenvalue weighted by Crippen LogP contribution is -2.23. The van der Waals surface area contributed by atoms with Crippen molar-refractivity contribution in [2.75, 3.05) is 14.2 Å². The van der Waals surface area contributed by atoms with Gasteiger partial charge in [0.05, 0.1) is 25.7 Å². The van der Waals surface area contributed by atoms with Crippen LogP contribution in [0.2, 0.25) is 0 Å². The van der Waals surface area contributed by atoms with Gasteiger partial charge in [-0.05, 0) is 42.0 Å². The van der Waals surface area contributed by atoms with Crippen molar-refractivity contribution < 1.29 is 22.7 Å². The molecule has 0 aromatic heterocycles. The second-order valence-electron chi connectivity index (χ2n) is 4.40. The van der Waals surface area contributed by atoms with Crippen LogP contribution in [0.5, 0.6) is 11.5 Å². The van der Waals surface area contributed by atoms with Crippen LogP contribution >= 0.6 is 0 Å². The van der Waals surface area contributed by atoms with Gasteiger partial charge >= 0.3 is 0 Å². The van der Waals surface area contributed by atoms with Crippen LogP contribution in [0, 0.1) is 0 Å². The first-order chi connectivity index (χ1) is 10.5. The molecule has 0 atom stereocenters.